The van der Waals surface area contributed by atoms with Crippen molar-refractivity contribution in [1.82, 2.24) is 0 Å². The maximum absolute atomic E-state index is 11.9. The van der Waals surface area contributed by atoms with Crippen molar-refractivity contribution in [3.8, 4) is 0 Å². The first-order valence-corrected chi connectivity index (χ1v) is 7.07. The zero-order valence-electron chi connectivity index (χ0n) is 12.4. The van der Waals surface area contributed by atoms with Crippen molar-refractivity contribution in [2.24, 2.45) is 4.99 Å². The molecule has 0 saturated heterocycles. The lowest BCUT2D eigenvalue weighted by Crippen LogP contribution is -2.07. The Labute approximate surface area is 133 Å². The van der Waals surface area contributed by atoms with Gasteiger partial charge in [0.25, 0.3) is 0 Å². The number of nitrogens with one attached hydrogen (secondary N) is 1. The second kappa shape index (κ2) is 6.27. The maximum atomic E-state index is 11.9. The third-order valence-corrected chi connectivity index (χ3v) is 3.18. The number of ether oxygens (including phenoxy) is 1. The zero-order valence-corrected chi connectivity index (χ0v) is 12.4. The van der Waals surface area contributed by atoms with Gasteiger partial charge < -0.3 is 10.1 Å². The molecule has 1 aliphatic rings. The minimum absolute atomic E-state index is 0.143. The highest BCUT2D eigenvalue weighted by atomic mass is 16.6. The van der Waals surface area contributed by atoms with E-state index in [2.05, 4.69) is 10.3 Å². The number of cyclic esters (lactones) is 1. The number of carbonyl (C=O) groups excluding carboxylic acids is 2. The van der Waals surface area contributed by atoms with E-state index in [1.165, 1.54) is 6.92 Å². The summed E-state index contributed by atoms with van der Waals surface area (Å²) in [5, 5.41) is 2.67. The standard InChI is InChI=1S/C18H14N2O3/c1-12(21)19-15-9-7-14(8-10-15)17-20-16(18(22)23-17)11-13-5-3-2-4-6-13/h2-11H,1H3,(H,19,21). The normalized spacial score (nSPS) is 15.3. The monoisotopic (exact) mass is 306 g/mol. The quantitative estimate of drug-likeness (QED) is 0.700. The van der Waals surface area contributed by atoms with E-state index in [0.717, 1.165) is 5.56 Å². The Hall–Kier alpha value is -3.21. The lowest BCUT2D eigenvalue weighted by atomic mass is 10.2. The molecule has 5 nitrogen and oxygen atoms in total. The molecule has 2 aromatic rings. The minimum Gasteiger partial charge on any atom is -0.402 e. The molecule has 114 valence electrons. The minimum atomic E-state index is -0.477. The summed E-state index contributed by atoms with van der Waals surface area (Å²) in [6.07, 6.45) is 1.68. The molecule has 5 heteroatoms. The summed E-state index contributed by atoms with van der Waals surface area (Å²) in [7, 11) is 0. The van der Waals surface area contributed by atoms with Gasteiger partial charge in [-0.3, -0.25) is 4.79 Å². The molecule has 1 amide bonds. The number of esters is 1. The van der Waals surface area contributed by atoms with Gasteiger partial charge in [0.1, 0.15) is 0 Å². The zero-order chi connectivity index (χ0) is 16.2. The number of carbonyl (C=O) groups is 2. The van der Waals surface area contributed by atoms with E-state index in [1.54, 1.807) is 30.3 Å². The van der Waals surface area contributed by atoms with Crippen LogP contribution in [0.25, 0.3) is 6.08 Å². The molecule has 23 heavy (non-hydrogen) atoms. The molecule has 0 spiro atoms. The highest BCUT2D eigenvalue weighted by molar-refractivity contribution is 6.13. The van der Waals surface area contributed by atoms with Crippen molar-refractivity contribution in [2.45, 2.75) is 6.92 Å². The van der Waals surface area contributed by atoms with Crippen LogP contribution in [-0.2, 0) is 14.3 Å². The predicted octanol–water partition coefficient (Wildman–Crippen LogP) is 2.99. The lowest BCUT2D eigenvalue weighted by molar-refractivity contribution is -0.129. The summed E-state index contributed by atoms with van der Waals surface area (Å²) in [6.45, 7) is 1.44. The lowest BCUT2D eigenvalue weighted by Gasteiger charge is -2.03. The van der Waals surface area contributed by atoms with Crippen LogP contribution in [0.4, 0.5) is 5.69 Å². The number of hydrogen-bond donors (Lipinski definition) is 1. The molecule has 0 unspecified atom stereocenters. The molecule has 0 fully saturated rings. The van der Waals surface area contributed by atoms with Gasteiger partial charge in [-0.25, -0.2) is 9.79 Å². The van der Waals surface area contributed by atoms with Gasteiger partial charge in [0, 0.05) is 18.2 Å². The van der Waals surface area contributed by atoms with Gasteiger partial charge in [-0.05, 0) is 35.9 Å². The van der Waals surface area contributed by atoms with E-state index in [4.69, 9.17) is 4.74 Å². The first kappa shape index (κ1) is 14.7. The fourth-order valence-corrected chi connectivity index (χ4v) is 2.14. The highest BCUT2D eigenvalue weighted by Crippen LogP contribution is 2.20. The van der Waals surface area contributed by atoms with Gasteiger partial charge in [0.05, 0.1) is 0 Å². The number of hydrogen-bond acceptors (Lipinski definition) is 4. The Morgan fingerprint density at radius 1 is 1.09 bits per heavy atom. The second-order valence-corrected chi connectivity index (χ2v) is 5.01. The molecule has 0 bridgehead atoms. The summed E-state index contributed by atoms with van der Waals surface area (Å²) in [5.41, 5.74) is 2.48. The molecular formula is C18H14N2O3. The fourth-order valence-electron chi connectivity index (χ4n) is 2.14. The topological polar surface area (TPSA) is 67.8 Å². The van der Waals surface area contributed by atoms with E-state index in [-0.39, 0.29) is 17.5 Å². The van der Waals surface area contributed by atoms with Crippen molar-refractivity contribution in [2.75, 3.05) is 5.32 Å². The van der Waals surface area contributed by atoms with Crippen LogP contribution in [0.1, 0.15) is 18.1 Å². The van der Waals surface area contributed by atoms with Gasteiger partial charge >= 0.3 is 5.97 Å². The predicted molar refractivity (Wildman–Crippen MR) is 87.8 cm³/mol. The second-order valence-electron chi connectivity index (χ2n) is 5.01. The van der Waals surface area contributed by atoms with E-state index < -0.39 is 5.97 Å². The third-order valence-electron chi connectivity index (χ3n) is 3.18. The fraction of sp³-hybridized carbons (Fsp3) is 0.0556. The van der Waals surface area contributed by atoms with Gasteiger partial charge in [-0.2, -0.15) is 0 Å². The van der Waals surface area contributed by atoms with E-state index in [1.807, 2.05) is 30.3 Å². The molecule has 0 saturated carbocycles. The smallest absolute Gasteiger partial charge is 0.363 e. The summed E-state index contributed by atoms with van der Waals surface area (Å²) in [5.74, 6) is -0.364. The molecule has 0 aromatic heterocycles. The average Bonchev–Trinajstić information content (AvgIpc) is 2.89. The van der Waals surface area contributed by atoms with Crippen molar-refractivity contribution in [3.63, 3.8) is 0 Å². The number of rotatable bonds is 3. The van der Waals surface area contributed by atoms with Crippen molar-refractivity contribution < 1.29 is 14.3 Å². The molecule has 0 radical (unpaired) electrons. The van der Waals surface area contributed by atoms with Crippen LogP contribution < -0.4 is 5.32 Å². The Morgan fingerprint density at radius 3 is 2.43 bits per heavy atom. The van der Waals surface area contributed by atoms with Gasteiger partial charge in [-0.1, -0.05) is 30.3 Å². The highest BCUT2D eigenvalue weighted by Gasteiger charge is 2.24. The largest absolute Gasteiger partial charge is 0.402 e. The van der Waals surface area contributed by atoms with Gasteiger partial charge in [-0.15, -0.1) is 0 Å². The number of aliphatic imine (C=N–C) groups is 1. The Bertz CT molecular complexity index is 806. The number of amides is 1. The van der Waals surface area contributed by atoms with Crippen molar-refractivity contribution in [1.29, 1.82) is 0 Å². The first-order valence-electron chi connectivity index (χ1n) is 7.07. The molecule has 3 rings (SSSR count). The molecule has 1 N–H and O–H groups in total. The van der Waals surface area contributed by atoms with Crippen LogP contribution in [0.2, 0.25) is 0 Å². The van der Waals surface area contributed by atoms with Crippen LogP contribution in [0.5, 0.6) is 0 Å². The van der Waals surface area contributed by atoms with Crippen LogP contribution in [0.15, 0.2) is 65.3 Å². The Balaban J connectivity index is 1.84. The SMILES string of the molecule is CC(=O)Nc1ccc(C2=NC(=Cc3ccccc3)C(=O)O2)cc1. The van der Waals surface area contributed by atoms with Crippen LogP contribution >= 0.6 is 0 Å². The molecule has 0 atom stereocenters. The van der Waals surface area contributed by atoms with Gasteiger partial charge in [0.15, 0.2) is 5.70 Å². The Kier molecular flexibility index (Phi) is 4.01. The molecular weight excluding hydrogens is 292 g/mol. The number of benzene rings is 2. The van der Waals surface area contributed by atoms with Crippen molar-refractivity contribution in [3.05, 3.63) is 71.4 Å². The summed E-state index contributed by atoms with van der Waals surface area (Å²) >= 11 is 0. The molecule has 2 aromatic carbocycles. The Morgan fingerprint density at radius 2 is 1.78 bits per heavy atom. The summed E-state index contributed by atoms with van der Waals surface area (Å²) < 4.78 is 5.21. The van der Waals surface area contributed by atoms with Crippen LogP contribution in [0.3, 0.4) is 0 Å². The third kappa shape index (κ3) is 3.52. The van der Waals surface area contributed by atoms with Crippen molar-refractivity contribution >= 4 is 29.5 Å². The van der Waals surface area contributed by atoms with Crippen LogP contribution in [-0.4, -0.2) is 17.8 Å². The molecule has 0 aliphatic carbocycles. The molecule has 1 heterocycles. The summed E-state index contributed by atoms with van der Waals surface area (Å²) in [4.78, 5) is 27.2. The average molecular weight is 306 g/mol. The molecule has 1 aliphatic heterocycles. The van der Waals surface area contributed by atoms with E-state index in [0.29, 0.717) is 11.3 Å². The summed E-state index contributed by atoms with van der Waals surface area (Å²) in [6, 6.07) is 16.4. The number of anilines is 1. The first-order chi connectivity index (χ1) is 11.1. The number of nitrogens with zero attached hydrogens (tertiary/aromatic N) is 1. The maximum Gasteiger partial charge on any atom is 0.363 e. The van der Waals surface area contributed by atoms with E-state index in [9.17, 15) is 9.59 Å². The van der Waals surface area contributed by atoms with Crippen LogP contribution in [0, 0.1) is 0 Å². The van der Waals surface area contributed by atoms with Gasteiger partial charge in [0.2, 0.25) is 11.8 Å². The van der Waals surface area contributed by atoms with E-state index >= 15 is 0 Å².